The van der Waals surface area contributed by atoms with E-state index < -0.39 is 17.6 Å². The number of carbonyl (C=O) groups excluding carboxylic acids is 1. The van der Waals surface area contributed by atoms with Crippen LogP contribution in [-0.4, -0.2) is 45.2 Å². The normalized spacial score (nSPS) is 13.3. The van der Waals surface area contributed by atoms with Gasteiger partial charge in [0.05, 0.1) is 5.60 Å². The van der Waals surface area contributed by atoms with E-state index in [1.165, 1.54) is 18.7 Å². The highest BCUT2D eigenvalue weighted by atomic mass is 32.2. The molecule has 0 spiro atoms. The summed E-state index contributed by atoms with van der Waals surface area (Å²) in [6.07, 6.45) is 0. The Hall–Kier alpha value is -0.750. The first-order chi connectivity index (χ1) is 6.72. The van der Waals surface area contributed by atoms with E-state index in [9.17, 15) is 14.7 Å². The van der Waals surface area contributed by atoms with Gasteiger partial charge in [0.1, 0.15) is 6.04 Å². The molecular weight excluding hydrogens is 218 g/mol. The van der Waals surface area contributed by atoms with E-state index in [2.05, 4.69) is 5.32 Å². The van der Waals surface area contributed by atoms with E-state index in [4.69, 9.17) is 5.11 Å². The second-order valence-corrected chi connectivity index (χ2v) is 4.95. The van der Waals surface area contributed by atoms with E-state index in [1.54, 1.807) is 13.8 Å². The van der Waals surface area contributed by atoms with Gasteiger partial charge >= 0.3 is 5.97 Å². The van der Waals surface area contributed by atoms with Gasteiger partial charge in [-0.1, -0.05) is 0 Å². The van der Waals surface area contributed by atoms with Crippen molar-refractivity contribution in [3.63, 3.8) is 0 Å². The number of amides is 1. The number of aliphatic hydroxyl groups is 1. The largest absolute Gasteiger partial charge is 0.480 e. The molecule has 5 nitrogen and oxygen atoms in total. The zero-order valence-corrected chi connectivity index (χ0v) is 9.93. The maximum Gasteiger partial charge on any atom is 0.327 e. The van der Waals surface area contributed by atoms with Crippen molar-refractivity contribution < 1.29 is 19.8 Å². The predicted molar refractivity (Wildman–Crippen MR) is 58.9 cm³/mol. The van der Waals surface area contributed by atoms with Crippen molar-refractivity contribution >= 4 is 23.6 Å². The van der Waals surface area contributed by atoms with Crippen LogP contribution in [0.1, 0.15) is 20.8 Å². The molecule has 0 aromatic heterocycles. The molecule has 0 aliphatic rings. The maximum absolute atomic E-state index is 10.7. The van der Waals surface area contributed by atoms with Gasteiger partial charge in [-0.3, -0.25) is 4.79 Å². The molecule has 0 fully saturated rings. The lowest BCUT2D eigenvalue weighted by Crippen LogP contribution is -2.41. The summed E-state index contributed by atoms with van der Waals surface area (Å²) in [5, 5.41) is 20.5. The zero-order chi connectivity index (χ0) is 12.1. The van der Waals surface area contributed by atoms with Gasteiger partial charge in [0.25, 0.3) is 0 Å². The Bertz CT molecular complexity index is 237. The molecule has 6 heteroatoms. The lowest BCUT2D eigenvalue weighted by molar-refractivity contribution is -0.140. The van der Waals surface area contributed by atoms with Crippen LogP contribution in [0.5, 0.6) is 0 Å². The van der Waals surface area contributed by atoms with Crippen LogP contribution in [0.2, 0.25) is 0 Å². The Kier molecular flexibility index (Phi) is 5.67. The number of carboxylic acid groups (broad SMARTS) is 1. The number of thioether (sulfide) groups is 1. The molecule has 0 bridgehead atoms. The first-order valence-corrected chi connectivity index (χ1v) is 5.68. The summed E-state index contributed by atoms with van der Waals surface area (Å²) in [7, 11) is 0. The Morgan fingerprint density at radius 3 is 2.33 bits per heavy atom. The second-order valence-electron chi connectivity index (χ2n) is 3.92. The molecule has 1 atom stereocenters. The van der Waals surface area contributed by atoms with Crippen LogP contribution in [0.3, 0.4) is 0 Å². The number of carbonyl (C=O) groups is 2. The predicted octanol–water partition coefficient (Wildman–Crippen LogP) is 0.0798. The van der Waals surface area contributed by atoms with Crippen molar-refractivity contribution in [2.75, 3.05) is 11.5 Å². The molecule has 3 N–H and O–H groups in total. The van der Waals surface area contributed by atoms with Gasteiger partial charge in [-0.15, -0.1) is 0 Å². The topological polar surface area (TPSA) is 86.6 Å². The van der Waals surface area contributed by atoms with E-state index in [0.717, 1.165) is 0 Å². The van der Waals surface area contributed by atoms with Crippen molar-refractivity contribution in [1.29, 1.82) is 0 Å². The quantitative estimate of drug-likeness (QED) is 0.607. The van der Waals surface area contributed by atoms with Crippen molar-refractivity contribution in [3.8, 4) is 0 Å². The van der Waals surface area contributed by atoms with Gasteiger partial charge < -0.3 is 15.5 Å². The summed E-state index contributed by atoms with van der Waals surface area (Å²) in [4.78, 5) is 21.4. The number of hydrogen-bond donors (Lipinski definition) is 3. The third-order valence-electron chi connectivity index (χ3n) is 1.42. The average Bonchev–Trinajstić information content (AvgIpc) is 1.99. The molecule has 0 saturated heterocycles. The minimum absolute atomic E-state index is 0.249. The van der Waals surface area contributed by atoms with E-state index in [1.807, 2.05) is 0 Å². The fourth-order valence-electron chi connectivity index (χ4n) is 0.847. The Morgan fingerprint density at radius 1 is 1.47 bits per heavy atom. The molecule has 1 amide bonds. The monoisotopic (exact) mass is 235 g/mol. The molecule has 0 aromatic carbocycles. The number of carboxylic acids is 1. The number of hydrogen-bond acceptors (Lipinski definition) is 4. The first kappa shape index (κ1) is 14.2. The van der Waals surface area contributed by atoms with Crippen molar-refractivity contribution in [1.82, 2.24) is 5.32 Å². The summed E-state index contributed by atoms with van der Waals surface area (Å²) in [5.74, 6) is -0.755. The smallest absolute Gasteiger partial charge is 0.327 e. The molecular formula is C9H17NO4S. The molecule has 88 valence electrons. The summed E-state index contributed by atoms with van der Waals surface area (Å²) >= 11 is 1.29. The summed E-state index contributed by atoms with van der Waals surface area (Å²) < 4.78 is 0. The van der Waals surface area contributed by atoms with Crippen LogP contribution >= 0.6 is 11.8 Å². The van der Waals surface area contributed by atoms with Gasteiger partial charge in [-0.05, 0) is 13.8 Å². The Labute approximate surface area is 93.2 Å². The highest BCUT2D eigenvalue weighted by Crippen LogP contribution is 2.13. The van der Waals surface area contributed by atoms with Crippen LogP contribution < -0.4 is 5.32 Å². The van der Waals surface area contributed by atoms with E-state index in [0.29, 0.717) is 5.75 Å². The number of aliphatic carboxylic acids is 1. The summed E-state index contributed by atoms with van der Waals surface area (Å²) in [6.45, 7) is 4.57. The molecule has 0 radical (unpaired) electrons. The average molecular weight is 235 g/mol. The van der Waals surface area contributed by atoms with Crippen molar-refractivity contribution in [3.05, 3.63) is 0 Å². The maximum atomic E-state index is 10.7. The van der Waals surface area contributed by atoms with Gasteiger partial charge in [0.15, 0.2) is 0 Å². The van der Waals surface area contributed by atoms with Crippen LogP contribution in [0.15, 0.2) is 0 Å². The Morgan fingerprint density at radius 2 is 2.00 bits per heavy atom. The number of rotatable bonds is 6. The fourth-order valence-corrected chi connectivity index (χ4v) is 1.93. The highest BCUT2D eigenvalue weighted by Gasteiger charge is 2.20. The lowest BCUT2D eigenvalue weighted by atomic mass is 10.2. The minimum Gasteiger partial charge on any atom is -0.480 e. The van der Waals surface area contributed by atoms with Crippen LogP contribution in [-0.2, 0) is 9.59 Å². The second kappa shape index (κ2) is 5.97. The highest BCUT2D eigenvalue weighted by molar-refractivity contribution is 7.99. The van der Waals surface area contributed by atoms with Crippen LogP contribution in [0.4, 0.5) is 0 Å². The standard InChI is InChI=1S/C9H17NO4S/c1-6(11)10-7(8(12)13)4-15-5-9(2,3)14/h7,14H,4-5H2,1-3H3,(H,10,11)(H,12,13)/t7-/m0/s1. The van der Waals surface area contributed by atoms with Gasteiger partial charge in [-0.2, -0.15) is 11.8 Å². The van der Waals surface area contributed by atoms with E-state index >= 15 is 0 Å². The Balaban J connectivity index is 3.98. The minimum atomic E-state index is -1.06. The molecule has 0 aliphatic carbocycles. The van der Waals surface area contributed by atoms with Crippen LogP contribution in [0, 0.1) is 0 Å². The zero-order valence-electron chi connectivity index (χ0n) is 9.11. The van der Waals surface area contributed by atoms with E-state index in [-0.39, 0.29) is 11.7 Å². The lowest BCUT2D eigenvalue weighted by Gasteiger charge is -2.18. The molecule has 0 aromatic rings. The SMILES string of the molecule is CC(=O)N[C@@H](CSCC(C)(C)O)C(=O)O. The first-order valence-electron chi connectivity index (χ1n) is 4.52. The molecule has 0 unspecified atom stereocenters. The summed E-state index contributed by atoms with van der Waals surface area (Å²) in [6, 6.07) is -0.894. The molecule has 0 saturated carbocycles. The molecule has 0 heterocycles. The fraction of sp³-hybridized carbons (Fsp3) is 0.778. The van der Waals surface area contributed by atoms with Crippen molar-refractivity contribution in [2.24, 2.45) is 0 Å². The summed E-state index contributed by atoms with van der Waals surface area (Å²) in [5.41, 5.74) is -0.829. The molecule has 0 aliphatic heterocycles. The third-order valence-corrected chi connectivity index (χ3v) is 2.90. The van der Waals surface area contributed by atoms with Gasteiger partial charge in [0.2, 0.25) is 5.91 Å². The van der Waals surface area contributed by atoms with Crippen LogP contribution in [0.25, 0.3) is 0 Å². The van der Waals surface area contributed by atoms with Crippen molar-refractivity contribution in [2.45, 2.75) is 32.4 Å². The molecule has 15 heavy (non-hydrogen) atoms. The third kappa shape index (κ3) is 8.26. The van der Waals surface area contributed by atoms with Gasteiger partial charge in [0, 0.05) is 18.4 Å². The number of nitrogens with one attached hydrogen (secondary N) is 1. The molecule has 0 rings (SSSR count). The van der Waals surface area contributed by atoms with Gasteiger partial charge in [-0.25, -0.2) is 4.79 Å².